The van der Waals surface area contributed by atoms with Gasteiger partial charge in [0, 0.05) is 16.1 Å². The number of hydrogen-bond acceptors (Lipinski definition) is 5. The lowest BCUT2D eigenvalue weighted by Gasteiger charge is -2.23. The Morgan fingerprint density at radius 3 is 2.95 bits per heavy atom. The van der Waals surface area contributed by atoms with E-state index in [1.807, 2.05) is 25.3 Å². The molecule has 3 heterocycles. The number of aryl methyl sites for hydroxylation is 2. The highest BCUT2D eigenvalue weighted by atomic mass is 32.1. The number of aromatic amines is 1. The van der Waals surface area contributed by atoms with E-state index >= 15 is 0 Å². The molecular formula is C13H12N4OS. The fourth-order valence-electron chi connectivity index (χ4n) is 2.40. The molecule has 0 spiro atoms. The molecule has 0 saturated carbocycles. The van der Waals surface area contributed by atoms with E-state index in [0.717, 1.165) is 16.8 Å². The molecule has 1 aliphatic rings. The van der Waals surface area contributed by atoms with E-state index in [4.69, 9.17) is 10.5 Å². The second kappa shape index (κ2) is 4.14. The van der Waals surface area contributed by atoms with Gasteiger partial charge in [-0.1, -0.05) is 0 Å². The third kappa shape index (κ3) is 1.63. The fourth-order valence-corrected chi connectivity index (χ4v) is 3.14. The van der Waals surface area contributed by atoms with Crippen LogP contribution >= 0.6 is 11.3 Å². The van der Waals surface area contributed by atoms with Crippen molar-refractivity contribution in [2.75, 3.05) is 0 Å². The number of thiophene rings is 1. The number of allylic oxidation sites excluding steroid dienone is 1. The molecular weight excluding hydrogens is 260 g/mol. The molecule has 0 aliphatic carbocycles. The van der Waals surface area contributed by atoms with Gasteiger partial charge in [-0.05, 0) is 30.9 Å². The Balaban J connectivity index is 2.28. The topological polar surface area (TPSA) is 87.7 Å². The van der Waals surface area contributed by atoms with Crippen molar-refractivity contribution in [3.63, 3.8) is 0 Å². The van der Waals surface area contributed by atoms with Crippen LogP contribution in [0, 0.1) is 25.2 Å². The number of nitrogens with two attached hydrogens (primary N) is 1. The first-order valence-corrected chi connectivity index (χ1v) is 6.68. The van der Waals surface area contributed by atoms with Gasteiger partial charge in [-0.15, -0.1) is 16.4 Å². The van der Waals surface area contributed by atoms with Crippen LogP contribution in [0.5, 0.6) is 5.88 Å². The monoisotopic (exact) mass is 272 g/mol. The molecule has 1 atom stereocenters. The first kappa shape index (κ1) is 11.8. The zero-order valence-corrected chi connectivity index (χ0v) is 11.3. The van der Waals surface area contributed by atoms with E-state index in [1.165, 1.54) is 4.88 Å². The van der Waals surface area contributed by atoms with E-state index < -0.39 is 0 Å². The van der Waals surface area contributed by atoms with Gasteiger partial charge in [0.25, 0.3) is 0 Å². The minimum absolute atomic E-state index is 0.136. The van der Waals surface area contributed by atoms with Crippen molar-refractivity contribution in [1.29, 1.82) is 5.26 Å². The smallest absolute Gasteiger partial charge is 0.244 e. The minimum Gasteiger partial charge on any atom is -0.420 e. The van der Waals surface area contributed by atoms with Crippen LogP contribution in [-0.2, 0) is 0 Å². The quantitative estimate of drug-likeness (QED) is 0.833. The SMILES string of the molecule is Cc1[nH]nc2c1[C@@H](c1ccsc1C)C(C#N)=C(N)O2. The van der Waals surface area contributed by atoms with Crippen LogP contribution in [0.1, 0.15) is 27.6 Å². The number of nitrogens with one attached hydrogen (secondary N) is 1. The van der Waals surface area contributed by atoms with Crippen molar-refractivity contribution in [2.24, 2.45) is 5.73 Å². The van der Waals surface area contributed by atoms with Gasteiger partial charge in [0.2, 0.25) is 11.8 Å². The van der Waals surface area contributed by atoms with Gasteiger partial charge >= 0.3 is 0 Å². The molecule has 0 bridgehead atoms. The summed E-state index contributed by atoms with van der Waals surface area (Å²) >= 11 is 1.65. The second-order valence-electron chi connectivity index (χ2n) is 4.42. The van der Waals surface area contributed by atoms with Crippen LogP contribution in [0.4, 0.5) is 0 Å². The molecule has 1 aliphatic heterocycles. The summed E-state index contributed by atoms with van der Waals surface area (Å²) < 4.78 is 5.42. The van der Waals surface area contributed by atoms with Crippen molar-refractivity contribution >= 4 is 11.3 Å². The van der Waals surface area contributed by atoms with Crippen molar-refractivity contribution < 1.29 is 4.74 Å². The molecule has 6 heteroatoms. The van der Waals surface area contributed by atoms with Gasteiger partial charge in [0.15, 0.2) is 0 Å². The molecule has 0 radical (unpaired) electrons. The Kier molecular flexibility index (Phi) is 2.57. The first-order valence-electron chi connectivity index (χ1n) is 5.80. The first-order chi connectivity index (χ1) is 9.13. The van der Waals surface area contributed by atoms with E-state index in [9.17, 15) is 5.26 Å². The number of nitriles is 1. The average molecular weight is 272 g/mol. The highest BCUT2D eigenvalue weighted by molar-refractivity contribution is 7.10. The van der Waals surface area contributed by atoms with Gasteiger partial charge in [-0.2, -0.15) is 5.26 Å². The van der Waals surface area contributed by atoms with Crippen molar-refractivity contribution in [3.8, 4) is 11.9 Å². The zero-order chi connectivity index (χ0) is 13.6. The summed E-state index contributed by atoms with van der Waals surface area (Å²) in [6, 6.07) is 4.19. The highest BCUT2D eigenvalue weighted by Gasteiger charge is 2.35. The van der Waals surface area contributed by atoms with Gasteiger partial charge < -0.3 is 10.5 Å². The molecule has 2 aromatic rings. The number of aromatic nitrogens is 2. The average Bonchev–Trinajstić information content (AvgIpc) is 2.95. The number of H-pyrrole nitrogens is 1. The lowest BCUT2D eigenvalue weighted by Crippen LogP contribution is -2.21. The predicted molar refractivity (Wildman–Crippen MR) is 71.7 cm³/mol. The van der Waals surface area contributed by atoms with Crippen molar-refractivity contribution in [3.05, 3.63) is 44.6 Å². The molecule has 0 unspecified atom stereocenters. The normalized spacial score (nSPS) is 17.8. The Labute approximate surface area is 114 Å². The summed E-state index contributed by atoms with van der Waals surface area (Å²) in [4.78, 5) is 1.17. The lowest BCUT2D eigenvalue weighted by atomic mass is 9.84. The summed E-state index contributed by atoms with van der Waals surface area (Å²) in [6.07, 6.45) is 0. The maximum atomic E-state index is 9.38. The summed E-state index contributed by atoms with van der Waals surface area (Å²) in [6.45, 7) is 3.95. The molecule has 5 nitrogen and oxygen atoms in total. The summed E-state index contributed by atoms with van der Waals surface area (Å²) in [5.41, 5.74) is 9.16. The second-order valence-corrected chi connectivity index (χ2v) is 5.54. The van der Waals surface area contributed by atoms with Crippen LogP contribution < -0.4 is 10.5 Å². The molecule has 3 rings (SSSR count). The van der Waals surface area contributed by atoms with Crippen LogP contribution in [-0.4, -0.2) is 10.2 Å². The maximum absolute atomic E-state index is 9.38. The van der Waals surface area contributed by atoms with Gasteiger partial charge in [-0.25, -0.2) is 0 Å². The Morgan fingerprint density at radius 2 is 2.32 bits per heavy atom. The van der Waals surface area contributed by atoms with Crippen LogP contribution in [0.2, 0.25) is 0 Å². The summed E-state index contributed by atoms with van der Waals surface area (Å²) in [5.74, 6) is 0.403. The van der Waals surface area contributed by atoms with Crippen molar-refractivity contribution in [2.45, 2.75) is 19.8 Å². The van der Waals surface area contributed by atoms with E-state index in [-0.39, 0.29) is 11.8 Å². The molecule has 3 N–H and O–H groups in total. The van der Waals surface area contributed by atoms with E-state index in [0.29, 0.717) is 11.5 Å². The Hall–Kier alpha value is -2.26. The predicted octanol–water partition coefficient (Wildman–Crippen LogP) is 2.31. The number of fused-ring (bicyclic) bond motifs is 1. The Morgan fingerprint density at radius 1 is 1.53 bits per heavy atom. The van der Waals surface area contributed by atoms with Gasteiger partial charge in [0.1, 0.15) is 11.6 Å². The van der Waals surface area contributed by atoms with Gasteiger partial charge in [0.05, 0.1) is 5.92 Å². The fraction of sp³-hybridized carbons (Fsp3) is 0.231. The van der Waals surface area contributed by atoms with Gasteiger partial charge in [-0.3, -0.25) is 5.10 Å². The van der Waals surface area contributed by atoms with E-state index in [2.05, 4.69) is 16.3 Å². The Bertz CT molecular complexity index is 719. The molecule has 0 amide bonds. The zero-order valence-electron chi connectivity index (χ0n) is 10.5. The van der Waals surface area contributed by atoms with Crippen molar-refractivity contribution in [1.82, 2.24) is 10.2 Å². The number of ether oxygens (including phenoxy) is 1. The molecule has 0 fully saturated rings. The molecule has 0 aromatic carbocycles. The maximum Gasteiger partial charge on any atom is 0.244 e. The minimum atomic E-state index is -0.196. The van der Waals surface area contributed by atoms with E-state index in [1.54, 1.807) is 11.3 Å². The largest absolute Gasteiger partial charge is 0.420 e. The third-order valence-electron chi connectivity index (χ3n) is 3.34. The molecule has 96 valence electrons. The standard InChI is InChI=1S/C13H12N4OS/c1-6-10-11(8-3-4-19-7(8)2)9(5-14)12(15)18-13(10)17-16-6/h3-4,11H,15H2,1-2H3,(H,16,17)/t11-/m0/s1. The van der Waals surface area contributed by atoms with Crippen LogP contribution in [0.25, 0.3) is 0 Å². The number of hydrogen-bond donors (Lipinski definition) is 2. The molecule has 19 heavy (non-hydrogen) atoms. The highest BCUT2D eigenvalue weighted by Crippen LogP contribution is 2.44. The van der Waals surface area contributed by atoms with Crippen LogP contribution in [0.15, 0.2) is 22.9 Å². The third-order valence-corrected chi connectivity index (χ3v) is 4.20. The summed E-state index contributed by atoms with van der Waals surface area (Å²) in [7, 11) is 0. The molecule has 0 saturated heterocycles. The lowest BCUT2D eigenvalue weighted by molar-refractivity contribution is 0.379. The van der Waals surface area contributed by atoms with Crippen LogP contribution in [0.3, 0.4) is 0 Å². The summed E-state index contributed by atoms with van der Waals surface area (Å²) in [5, 5.41) is 18.4. The number of nitrogens with zero attached hydrogens (tertiary/aromatic N) is 2. The number of rotatable bonds is 1. The molecule has 2 aromatic heterocycles.